The number of hydrogen-bond donors (Lipinski definition) is 1. The summed E-state index contributed by atoms with van der Waals surface area (Å²) < 4.78 is 38.6. The Morgan fingerprint density at radius 1 is 1.26 bits per heavy atom. The Kier molecular flexibility index (Phi) is 4.22. The minimum absolute atomic E-state index is 0.385. The van der Waals surface area contributed by atoms with Gasteiger partial charge in [0.1, 0.15) is 10.0 Å². The molecule has 0 fully saturated rings. The summed E-state index contributed by atoms with van der Waals surface area (Å²) in [6, 6.07) is 3.45. The van der Waals surface area contributed by atoms with Gasteiger partial charge in [-0.2, -0.15) is 13.2 Å². The van der Waals surface area contributed by atoms with Gasteiger partial charge in [-0.15, -0.1) is 10.2 Å². The Hall–Kier alpha value is -0.990. The molecule has 0 saturated heterocycles. The van der Waals surface area contributed by atoms with Crippen LogP contribution >= 0.6 is 27.3 Å². The Morgan fingerprint density at radius 2 is 2.00 bits per heavy atom. The summed E-state index contributed by atoms with van der Waals surface area (Å²) in [5.74, 6) is 0. The van der Waals surface area contributed by atoms with E-state index in [0.717, 1.165) is 12.1 Å². The van der Waals surface area contributed by atoms with E-state index in [0.29, 0.717) is 33.0 Å². The summed E-state index contributed by atoms with van der Waals surface area (Å²) in [6.45, 7) is 0.429. The van der Waals surface area contributed by atoms with Gasteiger partial charge in [-0.3, -0.25) is 0 Å². The standard InChI is InChI=1S/C11H9BrF3N3S/c12-8-2-1-6(11(13,14)15)5-7(8)10-18-17-9(19-10)3-4-16/h1-2,5H,3-4,16H2. The van der Waals surface area contributed by atoms with Crippen molar-refractivity contribution in [2.75, 3.05) is 6.54 Å². The maximum atomic E-state index is 12.7. The van der Waals surface area contributed by atoms with E-state index in [9.17, 15) is 13.2 Å². The molecule has 8 heteroatoms. The Bertz CT molecular complexity index is 583. The summed E-state index contributed by atoms with van der Waals surface area (Å²) in [4.78, 5) is 0. The van der Waals surface area contributed by atoms with Crippen LogP contribution in [0.4, 0.5) is 13.2 Å². The van der Waals surface area contributed by atoms with Crippen molar-refractivity contribution < 1.29 is 13.2 Å². The van der Waals surface area contributed by atoms with E-state index in [1.807, 2.05) is 0 Å². The van der Waals surface area contributed by atoms with Crippen molar-refractivity contribution in [3.63, 3.8) is 0 Å². The highest BCUT2D eigenvalue weighted by Gasteiger charge is 2.31. The Labute approximate surface area is 119 Å². The van der Waals surface area contributed by atoms with Crippen molar-refractivity contribution in [3.8, 4) is 10.6 Å². The highest BCUT2D eigenvalue weighted by molar-refractivity contribution is 9.10. The SMILES string of the molecule is NCCc1nnc(-c2cc(C(F)(F)F)ccc2Br)s1. The molecule has 19 heavy (non-hydrogen) atoms. The number of nitrogens with zero attached hydrogens (tertiary/aromatic N) is 2. The zero-order valence-electron chi connectivity index (χ0n) is 9.54. The molecule has 0 radical (unpaired) electrons. The molecule has 0 aliphatic carbocycles. The van der Waals surface area contributed by atoms with Gasteiger partial charge in [0.15, 0.2) is 0 Å². The minimum atomic E-state index is -4.37. The molecule has 0 bridgehead atoms. The maximum Gasteiger partial charge on any atom is 0.416 e. The van der Waals surface area contributed by atoms with Gasteiger partial charge < -0.3 is 5.73 Å². The van der Waals surface area contributed by atoms with Crippen LogP contribution in [0.5, 0.6) is 0 Å². The quantitative estimate of drug-likeness (QED) is 0.920. The van der Waals surface area contributed by atoms with Crippen molar-refractivity contribution in [1.82, 2.24) is 10.2 Å². The van der Waals surface area contributed by atoms with Gasteiger partial charge >= 0.3 is 6.18 Å². The summed E-state index contributed by atoms with van der Waals surface area (Å²) in [6.07, 6.45) is -3.81. The summed E-state index contributed by atoms with van der Waals surface area (Å²) in [5.41, 5.74) is 5.08. The molecular formula is C11H9BrF3N3S. The van der Waals surface area contributed by atoms with Crippen LogP contribution in [0.2, 0.25) is 0 Å². The summed E-state index contributed by atoms with van der Waals surface area (Å²) in [5, 5.41) is 8.96. The maximum absolute atomic E-state index is 12.7. The third kappa shape index (κ3) is 3.31. The van der Waals surface area contributed by atoms with E-state index >= 15 is 0 Å². The predicted octanol–water partition coefficient (Wildman–Crippen LogP) is 3.49. The van der Waals surface area contributed by atoms with E-state index in [4.69, 9.17) is 5.73 Å². The first-order chi connectivity index (χ1) is 8.91. The molecule has 2 rings (SSSR count). The van der Waals surface area contributed by atoms with Crippen molar-refractivity contribution in [2.45, 2.75) is 12.6 Å². The first-order valence-electron chi connectivity index (χ1n) is 5.31. The van der Waals surface area contributed by atoms with E-state index in [2.05, 4.69) is 26.1 Å². The normalized spacial score (nSPS) is 11.8. The first kappa shape index (κ1) is 14.4. The molecule has 0 unspecified atom stereocenters. The predicted molar refractivity (Wildman–Crippen MR) is 70.8 cm³/mol. The number of benzene rings is 1. The van der Waals surface area contributed by atoms with E-state index in [-0.39, 0.29) is 0 Å². The lowest BCUT2D eigenvalue weighted by Crippen LogP contribution is -2.04. The van der Waals surface area contributed by atoms with Crippen LogP contribution in [-0.2, 0) is 12.6 Å². The Morgan fingerprint density at radius 3 is 2.63 bits per heavy atom. The average molecular weight is 352 g/mol. The van der Waals surface area contributed by atoms with Crippen molar-refractivity contribution in [2.24, 2.45) is 5.73 Å². The van der Waals surface area contributed by atoms with Gasteiger partial charge in [0.2, 0.25) is 0 Å². The summed E-state index contributed by atoms with van der Waals surface area (Å²) >= 11 is 4.47. The van der Waals surface area contributed by atoms with E-state index in [1.54, 1.807) is 0 Å². The molecule has 0 saturated carbocycles. The second-order valence-corrected chi connectivity index (χ2v) is 5.65. The highest BCUT2D eigenvalue weighted by Crippen LogP contribution is 2.36. The molecule has 0 aliphatic rings. The lowest BCUT2D eigenvalue weighted by Gasteiger charge is -2.08. The van der Waals surface area contributed by atoms with E-state index < -0.39 is 11.7 Å². The molecular weight excluding hydrogens is 343 g/mol. The van der Waals surface area contributed by atoms with Gasteiger partial charge in [-0.05, 0) is 24.7 Å². The van der Waals surface area contributed by atoms with Gasteiger partial charge in [0.05, 0.1) is 5.56 Å². The molecule has 0 aliphatic heterocycles. The lowest BCUT2D eigenvalue weighted by molar-refractivity contribution is -0.137. The van der Waals surface area contributed by atoms with Gasteiger partial charge in [-0.25, -0.2) is 0 Å². The fourth-order valence-corrected chi connectivity index (χ4v) is 2.90. The molecule has 1 heterocycles. The van der Waals surface area contributed by atoms with Crippen LogP contribution in [0.25, 0.3) is 10.6 Å². The van der Waals surface area contributed by atoms with Crippen LogP contribution in [-0.4, -0.2) is 16.7 Å². The molecule has 1 aromatic carbocycles. The van der Waals surface area contributed by atoms with Gasteiger partial charge in [0.25, 0.3) is 0 Å². The first-order valence-corrected chi connectivity index (χ1v) is 6.92. The molecule has 3 nitrogen and oxygen atoms in total. The monoisotopic (exact) mass is 351 g/mol. The number of rotatable bonds is 3. The minimum Gasteiger partial charge on any atom is -0.330 e. The average Bonchev–Trinajstić information content (AvgIpc) is 2.77. The van der Waals surface area contributed by atoms with Crippen molar-refractivity contribution in [3.05, 3.63) is 33.2 Å². The zero-order valence-corrected chi connectivity index (χ0v) is 11.9. The van der Waals surface area contributed by atoms with Gasteiger partial charge in [0, 0.05) is 16.5 Å². The largest absolute Gasteiger partial charge is 0.416 e. The van der Waals surface area contributed by atoms with Gasteiger partial charge in [-0.1, -0.05) is 27.3 Å². The molecule has 1 aromatic heterocycles. The van der Waals surface area contributed by atoms with Crippen molar-refractivity contribution >= 4 is 27.3 Å². The van der Waals surface area contributed by atoms with E-state index in [1.165, 1.54) is 17.4 Å². The molecule has 0 amide bonds. The topological polar surface area (TPSA) is 51.8 Å². The second-order valence-electron chi connectivity index (χ2n) is 3.73. The molecule has 2 N–H and O–H groups in total. The van der Waals surface area contributed by atoms with Crippen LogP contribution in [0, 0.1) is 0 Å². The number of hydrogen-bond acceptors (Lipinski definition) is 4. The fourth-order valence-electron chi connectivity index (χ4n) is 1.45. The smallest absolute Gasteiger partial charge is 0.330 e. The third-order valence-corrected chi connectivity index (χ3v) is 4.06. The summed E-state index contributed by atoms with van der Waals surface area (Å²) in [7, 11) is 0. The number of aromatic nitrogens is 2. The fraction of sp³-hybridized carbons (Fsp3) is 0.273. The zero-order chi connectivity index (χ0) is 14.0. The van der Waals surface area contributed by atoms with Crippen LogP contribution in [0.15, 0.2) is 22.7 Å². The second kappa shape index (κ2) is 5.56. The number of alkyl halides is 3. The van der Waals surface area contributed by atoms with Crippen LogP contribution in [0.3, 0.4) is 0 Å². The van der Waals surface area contributed by atoms with Crippen LogP contribution in [0.1, 0.15) is 10.6 Å². The number of nitrogens with two attached hydrogens (primary N) is 1. The van der Waals surface area contributed by atoms with Crippen LogP contribution < -0.4 is 5.73 Å². The molecule has 0 spiro atoms. The number of halogens is 4. The third-order valence-electron chi connectivity index (χ3n) is 2.35. The Balaban J connectivity index is 2.42. The molecule has 2 aromatic rings. The molecule has 102 valence electrons. The highest BCUT2D eigenvalue weighted by atomic mass is 79.9. The lowest BCUT2D eigenvalue weighted by atomic mass is 10.1. The molecule has 0 atom stereocenters. The van der Waals surface area contributed by atoms with Crippen molar-refractivity contribution in [1.29, 1.82) is 0 Å².